The lowest BCUT2D eigenvalue weighted by atomic mass is 9.94. The molecule has 1 unspecified atom stereocenters. The Morgan fingerprint density at radius 2 is 2.04 bits per heavy atom. The Morgan fingerprint density at radius 3 is 2.71 bits per heavy atom. The number of piperidine rings is 1. The van der Waals surface area contributed by atoms with Crippen LogP contribution in [0.15, 0.2) is 16.9 Å². The fraction of sp³-hybridized carbons (Fsp3) is 0.778. The molecule has 6 heteroatoms. The third kappa shape index (κ3) is 3.71. The molecule has 1 N–H and O–H groups in total. The molecule has 0 bridgehead atoms. The zero-order chi connectivity index (χ0) is 16.6. The van der Waals surface area contributed by atoms with Crippen LogP contribution in [0.1, 0.15) is 43.7 Å². The van der Waals surface area contributed by atoms with Gasteiger partial charge in [-0.15, -0.1) is 0 Å². The molecule has 2 aliphatic heterocycles. The monoisotopic (exact) mass is 333 g/mol. The lowest BCUT2D eigenvalue weighted by Gasteiger charge is -2.36. The maximum atomic E-state index is 12.1. The second-order valence-corrected chi connectivity index (χ2v) is 7.80. The number of rotatable bonds is 5. The van der Waals surface area contributed by atoms with Crippen molar-refractivity contribution in [1.29, 1.82) is 0 Å². The number of aliphatic hydroxyl groups is 1. The van der Waals surface area contributed by atoms with Gasteiger partial charge in [-0.05, 0) is 50.8 Å². The molecule has 4 rings (SSSR count). The van der Waals surface area contributed by atoms with Crippen LogP contribution in [0.5, 0.6) is 0 Å². The maximum absolute atomic E-state index is 12.1. The zero-order valence-corrected chi connectivity index (χ0v) is 14.2. The Morgan fingerprint density at radius 1 is 1.25 bits per heavy atom. The highest BCUT2D eigenvalue weighted by Crippen LogP contribution is 2.38. The van der Waals surface area contributed by atoms with Crippen molar-refractivity contribution in [3.63, 3.8) is 0 Å². The molecule has 0 radical (unpaired) electrons. The summed E-state index contributed by atoms with van der Waals surface area (Å²) < 4.78 is 7.00. The van der Waals surface area contributed by atoms with Crippen molar-refractivity contribution >= 4 is 0 Å². The summed E-state index contributed by atoms with van der Waals surface area (Å²) in [7, 11) is 0. The minimum atomic E-state index is -0.663. The van der Waals surface area contributed by atoms with Gasteiger partial charge in [-0.25, -0.2) is 4.68 Å². The van der Waals surface area contributed by atoms with Crippen LogP contribution >= 0.6 is 0 Å². The molecule has 3 aliphatic rings. The van der Waals surface area contributed by atoms with E-state index >= 15 is 0 Å². The molecular weight excluding hydrogens is 306 g/mol. The highest BCUT2D eigenvalue weighted by Gasteiger charge is 2.35. The van der Waals surface area contributed by atoms with Crippen LogP contribution in [0.2, 0.25) is 0 Å². The normalized spacial score (nSPS) is 29.2. The summed E-state index contributed by atoms with van der Waals surface area (Å²) >= 11 is 0. The number of ether oxygens (including phenoxy) is 1. The molecule has 1 aliphatic carbocycles. The summed E-state index contributed by atoms with van der Waals surface area (Å²) in [6.07, 6.45) is 5.25. The van der Waals surface area contributed by atoms with Crippen LogP contribution < -0.4 is 5.56 Å². The van der Waals surface area contributed by atoms with E-state index < -0.39 is 5.60 Å². The van der Waals surface area contributed by atoms with E-state index in [0.29, 0.717) is 31.6 Å². The first-order chi connectivity index (χ1) is 11.6. The van der Waals surface area contributed by atoms with Crippen molar-refractivity contribution in [2.24, 2.45) is 5.92 Å². The Kier molecular flexibility index (Phi) is 4.45. The average molecular weight is 333 g/mol. The standard InChI is InChI=1S/C18H27N3O3/c22-17-4-3-16(15-1-2-15)19-21(17)11-14-5-8-20(9-6-14)12-18(23)7-10-24-13-18/h3-4,14-15,23H,1-2,5-13H2. The first kappa shape index (κ1) is 16.2. The van der Waals surface area contributed by atoms with Crippen molar-refractivity contribution in [2.75, 3.05) is 32.8 Å². The molecule has 1 aromatic heterocycles. The second kappa shape index (κ2) is 6.58. The molecule has 0 amide bonds. The van der Waals surface area contributed by atoms with Crippen LogP contribution in [-0.2, 0) is 11.3 Å². The first-order valence-electron chi connectivity index (χ1n) is 9.22. The van der Waals surface area contributed by atoms with Crippen molar-refractivity contribution < 1.29 is 9.84 Å². The minimum Gasteiger partial charge on any atom is -0.386 e. The number of β-amino-alcohol motifs (C(OH)–C–C–N with tert-alkyl or cyclic N) is 1. The van der Waals surface area contributed by atoms with Gasteiger partial charge >= 0.3 is 0 Å². The van der Waals surface area contributed by atoms with Gasteiger partial charge < -0.3 is 14.7 Å². The SMILES string of the molecule is O=c1ccc(C2CC2)nn1CC1CCN(CC2(O)CCOC2)CC1. The van der Waals surface area contributed by atoms with E-state index in [1.165, 1.54) is 12.8 Å². The molecule has 2 saturated heterocycles. The van der Waals surface area contributed by atoms with Gasteiger partial charge in [0.25, 0.3) is 5.56 Å². The van der Waals surface area contributed by atoms with E-state index in [-0.39, 0.29) is 5.56 Å². The number of hydrogen-bond donors (Lipinski definition) is 1. The molecule has 3 heterocycles. The minimum absolute atomic E-state index is 0.0132. The molecule has 6 nitrogen and oxygen atoms in total. The van der Waals surface area contributed by atoms with Crippen molar-refractivity contribution in [1.82, 2.24) is 14.7 Å². The topological polar surface area (TPSA) is 67.6 Å². The van der Waals surface area contributed by atoms with Gasteiger partial charge in [0, 0.05) is 38.1 Å². The molecule has 3 fully saturated rings. The fourth-order valence-corrected chi connectivity index (χ4v) is 3.90. The van der Waals surface area contributed by atoms with E-state index in [0.717, 1.165) is 44.6 Å². The van der Waals surface area contributed by atoms with E-state index in [1.54, 1.807) is 10.7 Å². The smallest absolute Gasteiger partial charge is 0.266 e. The van der Waals surface area contributed by atoms with E-state index in [2.05, 4.69) is 10.00 Å². The van der Waals surface area contributed by atoms with Gasteiger partial charge in [-0.2, -0.15) is 5.10 Å². The molecule has 0 aromatic carbocycles. The summed E-state index contributed by atoms with van der Waals surface area (Å²) in [6, 6.07) is 3.56. The van der Waals surface area contributed by atoms with Crippen LogP contribution in [0.3, 0.4) is 0 Å². The van der Waals surface area contributed by atoms with Crippen LogP contribution in [0, 0.1) is 5.92 Å². The predicted molar refractivity (Wildman–Crippen MR) is 90.0 cm³/mol. The van der Waals surface area contributed by atoms with Gasteiger partial charge in [-0.3, -0.25) is 4.79 Å². The largest absolute Gasteiger partial charge is 0.386 e. The van der Waals surface area contributed by atoms with E-state index in [4.69, 9.17) is 4.74 Å². The summed E-state index contributed by atoms with van der Waals surface area (Å²) in [5.74, 6) is 1.07. The molecular formula is C18H27N3O3. The maximum Gasteiger partial charge on any atom is 0.266 e. The summed E-state index contributed by atoms with van der Waals surface area (Å²) in [5.41, 5.74) is 0.430. The van der Waals surface area contributed by atoms with Gasteiger partial charge in [0.15, 0.2) is 0 Å². The summed E-state index contributed by atoms with van der Waals surface area (Å²) in [4.78, 5) is 14.4. The first-order valence-corrected chi connectivity index (χ1v) is 9.22. The predicted octanol–water partition coefficient (Wildman–Crippen LogP) is 0.984. The van der Waals surface area contributed by atoms with Crippen LogP contribution in [0.4, 0.5) is 0 Å². The molecule has 132 valence electrons. The zero-order valence-electron chi connectivity index (χ0n) is 14.2. The lowest BCUT2D eigenvalue weighted by molar-refractivity contribution is -0.0127. The Labute approximate surface area is 142 Å². The Bertz CT molecular complexity index is 627. The molecule has 1 saturated carbocycles. The lowest BCUT2D eigenvalue weighted by Crippen LogP contribution is -2.47. The fourth-order valence-electron chi connectivity index (χ4n) is 3.90. The summed E-state index contributed by atoms with van der Waals surface area (Å²) in [6.45, 7) is 4.50. The third-order valence-electron chi connectivity index (χ3n) is 5.62. The number of aromatic nitrogens is 2. The van der Waals surface area contributed by atoms with Crippen molar-refractivity contribution in [3.8, 4) is 0 Å². The molecule has 24 heavy (non-hydrogen) atoms. The van der Waals surface area contributed by atoms with Crippen molar-refractivity contribution in [3.05, 3.63) is 28.2 Å². The van der Waals surface area contributed by atoms with Gasteiger partial charge in [0.05, 0.1) is 12.3 Å². The molecule has 1 atom stereocenters. The van der Waals surface area contributed by atoms with Crippen molar-refractivity contribution in [2.45, 2.75) is 50.2 Å². The van der Waals surface area contributed by atoms with E-state index in [1.807, 2.05) is 6.07 Å². The quantitative estimate of drug-likeness (QED) is 0.870. The van der Waals surface area contributed by atoms with Crippen LogP contribution in [-0.4, -0.2) is 58.2 Å². The highest BCUT2D eigenvalue weighted by atomic mass is 16.5. The highest BCUT2D eigenvalue weighted by molar-refractivity contribution is 5.12. The summed E-state index contributed by atoms with van der Waals surface area (Å²) in [5, 5.41) is 15.0. The Balaban J connectivity index is 1.31. The van der Waals surface area contributed by atoms with Gasteiger partial charge in [0.1, 0.15) is 5.60 Å². The van der Waals surface area contributed by atoms with Gasteiger partial charge in [-0.1, -0.05) is 0 Å². The molecule has 0 spiro atoms. The number of likely N-dealkylation sites (tertiary alicyclic amines) is 1. The van der Waals surface area contributed by atoms with Gasteiger partial charge in [0.2, 0.25) is 0 Å². The van der Waals surface area contributed by atoms with Crippen LogP contribution in [0.25, 0.3) is 0 Å². The Hall–Kier alpha value is -1.24. The number of nitrogens with zero attached hydrogens (tertiary/aromatic N) is 3. The third-order valence-corrected chi connectivity index (χ3v) is 5.62. The average Bonchev–Trinajstić information content (AvgIpc) is 3.34. The molecule has 1 aromatic rings. The van der Waals surface area contributed by atoms with E-state index in [9.17, 15) is 9.90 Å². The second-order valence-electron chi connectivity index (χ2n) is 7.80. The number of hydrogen-bond acceptors (Lipinski definition) is 5.